The first-order chi connectivity index (χ1) is 16.9. The number of benzene rings is 1. The topological polar surface area (TPSA) is 56.8 Å². The fourth-order valence-electron chi connectivity index (χ4n) is 5.09. The molecule has 1 saturated carbocycles. The van der Waals surface area contributed by atoms with Crippen molar-refractivity contribution in [1.82, 2.24) is 0 Å². The van der Waals surface area contributed by atoms with Gasteiger partial charge in [-0.1, -0.05) is 23.2 Å². The lowest BCUT2D eigenvalue weighted by molar-refractivity contribution is -0.194. The molecule has 2 fully saturated rings. The molecule has 9 heteroatoms. The third kappa shape index (κ3) is 7.50. The number of hydrogen-bond acceptors (Lipinski definition) is 6. The quantitative estimate of drug-likeness (QED) is 0.242. The molecule has 1 aliphatic carbocycles. The Bertz CT molecular complexity index is 961. The molecule has 1 saturated heterocycles. The van der Waals surface area contributed by atoms with Crippen molar-refractivity contribution in [2.45, 2.75) is 62.7 Å². The monoisotopic (exact) mass is 559 g/mol. The summed E-state index contributed by atoms with van der Waals surface area (Å²) < 4.78 is 17.1. The van der Waals surface area contributed by atoms with E-state index in [1.807, 2.05) is 24.3 Å². The minimum absolute atomic E-state index is 0.0282. The number of esters is 1. The SMILES string of the molecule is COC(=O)c1ccc(CCC[C@@H]2[C@@H](CNc3cc(Cl)cc(Cl)c3)[C@H](OC3CCCCO3)C[C@H]2Cl)s1. The smallest absolute Gasteiger partial charge is 0.348 e. The molecular weight excluding hydrogens is 529 g/mol. The van der Waals surface area contributed by atoms with Gasteiger partial charge in [0.25, 0.3) is 0 Å². The molecule has 0 amide bonds. The number of rotatable bonds is 10. The lowest BCUT2D eigenvalue weighted by Gasteiger charge is -2.31. The summed E-state index contributed by atoms with van der Waals surface area (Å²) in [7, 11) is 1.41. The largest absolute Gasteiger partial charge is 0.465 e. The van der Waals surface area contributed by atoms with Crippen LogP contribution in [0.3, 0.4) is 0 Å². The van der Waals surface area contributed by atoms with Crippen LogP contribution in [0.25, 0.3) is 0 Å². The summed E-state index contributed by atoms with van der Waals surface area (Å²) in [5.41, 5.74) is 0.890. The summed E-state index contributed by atoms with van der Waals surface area (Å²) in [6, 6.07) is 9.33. The Morgan fingerprint density at radius 3 is 2.69 bits per heavy atom. The van der Waals surface area contributed by atoms with Gasteiger partial charge in [0.2, 0.25) is 0 Å². The highest BCUT2D eigenvalue weighted by molar-refractivity contribution is 7.13. The predicted molar refractivity (Wildman–Crippen MR) is 143 cm³/mol. The Kier molecular flexibility index (Phi) is 10.0. The molecule has 5 atom stereocenters. The first-order valence-corrected chi connectivity index (χ1v) is 14.2. The Hall–Kier alpha value is -1.02. The molecule has 4 rings (SSSR count). The van der Waals surface area contributed by atoms with Gasteiger partial charge < -0.3 is 19.5 Å². The highest BCUT2D eigenvalue weighted by Crippen LogP contribution is 2.42. The van der Waals surface area contributed by atoms with Crippen molar-refractivity contribution in [2.75, 3.05) is 25.6 Å². The molecule has 192 valence electrons. The molecule has 1 N–H and O–H groups in total. The highest BCUT2D eigenvalue weighted by Gasteiger charge is 2.43. The second kappa shape index (κ2) is 13.0. The summed E-state index contributed by atoms with van der Waals surface area (Å²) >= 11 is 20.8. The van der Waals surface area contributed by atoms with Crippen LogP contribution in [0.2, 0.25) is 10.0 Å². The van der Waals surface area contributed by atoms with Gasteiger partial charge >= 0.3 is 5.97 Å². The zero-order valence-electron chi connectivity index (χ0n) is 19.8. The van der Waals surface area contributed by atoms with Gasteiger partial charge in [-0.15, -0.1) is 22.9 Å². The van der Waals surface area contributed by atoms with Crippen molar-refractivity contribution >= 4 is 57.8 Å². The molecule has 1 unspecified atom stereocenters. The molecule has 1 aliphatic heterocycles. The molecule has 0 radical (unpaired) electrons. The van der Waals surface area contributed by atoms with E-state index in [4.69, 9.17) is 49.0 Å². The van der Waals surface area contributed by atoms with E-state index in [0.717, 1.165) is 57.2 Å². The highest BCUT2D eigenvalue weighted by atomic mass is 35.5. The first-order valence-electron chi connectivity index (χ1n) is 12.2. The lowest BCUT2D eigenvalue weighted by atomic mass is 9.89. The Balaban J connectivity index is 1.40. The van der Waals surface area contributed by atoms with Crippen molar-refractivity contribution in [3.8, 4) is 0 Å². The molecule has 1 aromatic carbocycles. The van der Waals surface area contributed by atoms with E-state index in [9.17, 15) is 4.79 Å². The van der Waals surface area contributed by atoms with Gasteiger partial charge in [0.15, 0.2) is 6.29 Å². The van der Waals surface area contributed by atoms with E-state index in [1.54, 1.807) is 6.07 Å². The van der Waals surface area contributed by atoms with Crippen LogP contribution >= 0.6 is 46.1 Å². The molecule has 2 aliphatic rings. The molecule has 1 aromatic heterocycles. The number of hydrogen-bond donors (Lipinski definition) is 1. The van der Waals surface area contributed by atoms with Gasteiger partial charge in [-0.3, -0.25) is 0 Å². The number of aryl methyl sites for hydroxylation is 1. The lowest BCUT2D eigenvalue weighted by Crippen LogP contribution is -2.34. The number of thiophene rings is 1. The van der Waals surface area contributed by atoms with Gasteiger partial charge in [-0.2, -0.15) is 0 Å². The maximum absolute atomic E-state index is 11.7. The molecule has 0 spiro atoms. The number of nitrogens with one attached hydrogen (secondary N) is 1. The van der Waals surface area contributed by atoms with Crippen molar-refractivity contribution in [2.24, 2.45) is 11.8 Å². The fraction of sp³-hybridized carbons (Fsp3) is 0.577. The second-order valence-corrected chi connectivity index (χ2v) is 11.8. The molecule has 2 aromatic rings. The third-order valence-electron chi connectivity index (χ3n) is 6.83. The first kappa shape index (κ1) is 27.0. The summed E-state index contributed by atoms with van der Waals surface area (Å²) in [5.74, 6) is 0.247. The van der Waals surface area contributed by atoms with Crippen LogP contribution in [0, 0.1) is 11.8 Å². The van der Waals surface area contributed by atoms with Crippen LogP contribution in [0.15, 0.2) is 30.3 Å². The summed E-state index contributed by atoms with van der Waals surface area (Å²) in [6.07, 6.45) is 6.70. The molecule has 2 heterocycles. The van der Waals surface area contributed by atoms with Crippen LogP contribution in [0.1, 0.15) is 53.1 Å². The third-order valence-corrected chi connectivity index (χ3v) is 8.89. The van der Waals surface area contributed by atoms with Gasteiger partial charge in [-0.05, 0) is 81.2 Å². The molecule has 5 nitrogen and oxygen atoms in total. The fourth-order valence-corrected chi connectivity index (χ4v) is 7.07. The van der Waals surface area contributed by atoms with Gasteiger partial charge in [0.05, 0.1) is 13.2 Å². The molecule has 35 heavy (non-hydrogen) atoms. The molecular formula is C26H32Cl3NO4S. The average molecular weight is 561 g/mol. The van der Waals surface area contributed by atoms with Gasteiger partial charge in [0, 0.05) is 45.1 Å². The zero-order chi connectivity index (χ0) is 24.8. The Morgan fingerprint density at radius 2 is 1.97 bits per heavy atom. The number of carbonyl (C=O) groups excluding carboxylic acids is 1. The maximum atomic E-state index is 11.7. The Morgan fingerprint density at radius 1 is 1.17 bits per heavy atom. The van der Waals surface area contributed by atoms with Crippen molar-refractivity contribution in [1.29, 1.82) is 0 Å². The number of alkyl halides is 1. The number of anilines is 1. The van der Waals surface area contributed by atoms with Crippen molar-refractivity contribution in [3.63, 3.8) is 0 Å². The van der Waals surface area contributed by atoms with Crippen molar-refractivity contribution in [3.05, 3.63) is 50.1 Å². The average Bonchev–Trinajstić information content (AvgIpc) is 3.42. The normalized spacial score (nSPS) is 26.6. The number of halogens is 3. The Labute approximate surface area is 226 Å². The van der Waals surface area contributed by atoms with Crippen LogP contribution in [-0.2, 0) is 20.6 Å². The van der Waals surface area contributed by atoms with E-state index in [0.29, 0.717) is 27.4 Å². The minimum atomic E-state index is -0.282. The number of methoxy groups -OCH3 is 1. The van der Waals surface area contributed by atoms with Crippen LogP contribution in [0.4, 0.5) is 5.69 Å². The van der Waals surface area contributed by atoms with E-state index in [2.05, 4.69) is 5.32 Å². The van der Waals surface area contributed by atoms with Gasteiger partial charge in [0.1, 0.15) is 4.88 Å². The summed E-state index contributed by atoms with van der Waals surface area (Å²) in [6.45, 7) is 1.47. The maximum Gasteiger partial charge on any atom is 0.348 e. The minimum Gasteiger partial charge on any atom is -0.465 e. The second-order valence-electron chi connectivity index (χ2n) is 9.24. The van der Waals surface area contributed by atoms with Gasteiger partial charge in [-0.25, -0.2) is 4.79 Å². The number of ether oxygens (including phenoxy) is 3. The predicted octanol–water partition coefficient (Wildman–Crippen LogP) is 7.43. The van der Waals surface area contributed by atoms with E-state index < -0.39 is 0 Å². The molecule has 0 bridgehead atoms. The van der Waals surface area contributed by atoms with Crippen LogP contribution < -0.4 is 5.32 Å². The van der Waals surface area contributed by atoms with Crippen molar-refractivity contribution < 1.29 is 19.0 Å². The van der Waals surface area contributed by atoms with E-state index >= 15 is 0 Å². The summed E-state index contributed by atoms with van der Waals surface area (Å²) in [4.78, 5) is 13.6. The van der Waals surface area contributed by atoms with E-state index in [-0.39, 0.29) is 29.7 Å². The zero-order valence-corrected chi connectivity index (χ0v) is 22.9. The van der Waals surface area contributed by atoms with Crippen LogP contribution in [-0.4, -0.2) is 44.0 Å². The number of carbonyl (C=O) groups is 1. The summed E-state index contributed by atoms with van der Waals surface area (Å²) in [5, 5.41) is 4.75. The standard InChI is InChI=1S/C26H32Cl3NO4S/c1-32-26(31)24-9-8-19(35-24)5-4-6-20-21(15-30-18-12-16(27)11-17(28)13-18)23(14-22(20)29)34-25-7-2-3-10-33-25/h8-9,11-13,20-23,25,30H,2-7,10,14-15H2,1H3/t20-,21-,22-,23-,25?/m1/s1. The van der Waals surface area contributed by atoms with Crippen LogP contribution in [0.5, 0.6) is 0 Å². The van der Waals surface area contributed by atoms with E-state index in [1.165, 1.54) is 23.3 Å².